The van der Waals surface area contributed by atoms with Gasteiger partial charge in [-0.1, -0.05) is 36.4 Å². The van der Waals surface area contributed by atoms with Crippen LogP contribution >= 0.6 is 0 Å². The molecule has 1 atom stereocenters. The molecule has 1 unspecified atom stereocenters. The highest BCUT2D eigenvalue weighted by molar-refractivity contribution is 5.41. The summed E-state index contributed by atoms with van der Waals surface area (Å²) in [4.78, 5) is 0. The minimum atomic E-state index is -0.954. The van der Waals surface area contributed by atoms with Crippen molar-refractivity contribution >= 4 is 0 Å². The first kappa shape index (κ1) is 17.0. The van der Waals surface area contributed by atoms with E-state index in [-0.39, 0.29) is 5.56 Å². The lowest BCUT2D eigenvalue weighted by Gasteiger charge is -2.14. The van der Waals surface area contributed by atoms with Crippen molar-refractivity contribution in [2.45, 2.75) is 19.6 Å². The zero-order valence-electron chi connectivity index (χ0n) is 13.9. The van der Waals surface area contributed by atoms with E-state index in [1.54, 1.807) is 36.4 Å². The molecule has 0 radical (unpaired) electrons. The normalized spacial score (nSPS) is 11.8. The quantitative estimate of drug-likeness (QED) is 0.667. The maximum atomic E-state index is 13.9. The van der Waals surface area contributed by atoms with Crippen molar-refractivity contribution in [2.24, 2.45) is 0 Å². The molecule has 0 aliphatic carbocycles. The van der Waals surface area contributed by atoms with Crippen molar-refractivity contribution in [1.82, 2.24) is 0 Å². The molecule has 0 amide bonds. The topological polar surface area (TPSA) is 38.7 Å². The Balaban J connectivity index is 1.68. The third-order valence-corrected chi connectivity index (χ3v) is 3.73. The van der Waals surface area contributed by atoms with Crippen LogP contribution in [-0.2, 0) is 6.61 Å². The van der Waals surface area contributed by atoms with Crippen LogP contribution in [0.2, 0.25) is 0 Å². The predicted octanol–water partition coefficient (Wildman–Crippen LogP) is 5.25. The van der Waals surface area contributed by atoms with E-state index < -0.39 is 11.9 Å². The average molecular weight is 338 g/mol. The molecule has 3 aromatic carbocycles. The van der Waals surface area contributed by atoms with Crippen molar-refractivity contribution in [3.63, 3.8) is 0 Å². The van der Waals surface area contributed by atoms with Crippen molar-refractivity contribution in [3.05, 3.63) is 89.7 Å². The van der Waals surface area contributed by atoms with Crippen LogP contribution in [-0.4, -0.2) is 5.11 Å². The third kappa shape index (κ3) is 4.37. The third-order valence-electron chi connectivity index (χ3n) is 3.73. The highest BCUT2D eigenvalue weighted by Crippen LogP contribution is 2.32. The smallest absolute Gasteiger partial charge is 0.136 e. The first-order valence-electron chi connectivity index (χ1n) is 8.04. The molecule has 3 nitrogen and oxygen atoms in total. The Labute approximate surface area is 146 Å². The lowest BCUT2D eigenvalue weighted by Crippen LogP contribution is -2.00. The number of aliphatic hydroxyl groups is 1. The Morgan fingerprint density at radius 2 is 1.56 bits per heavy atom. The number of halogens is 1. The van der Waals surface area contributed by atoms with Gasteiger partial charge in [-0.2, -0.15) is 0 Å². The van der Waals surface area contributed by atoms with Gasteiger partial charge in [0, 0.05) is 0 Å². The highest BCUT2D eigenvalue weighted by atomic mass is 19.1. The minimum Gasteiger partial charge on any atom is -0.489 e. The van der Waals surface area contributed by atoms with Crippen LogP contribution in [0, 0.1) is 5.82 Å². The molecule has 0 saturated carbocycles. The number of hydrogen-bond acceptors (Lipinski definition) is 3. The highest BCUT2D eigenvalue weighted by Gasteiger charge is 2.15. The summed E-state index contributed by atoms with van der Waals surface area (Å²) in [6.07, 6.45) is -0.954. The van der Waals surface area contributed by atoms with E-state index in [2.05, 4.69) is 0 Å². The maximum Gasteiger partial charge on any atom is 0.136 e. The van der Waals surface area contributed by atoms with Crippen LogP contribution in [0.1, 0.15) is 24.2 Å². The van der Waals surface area contributed by atoms with Crippen molar-refractivity contribution in [3.8, 4) is 17.2 Å². The molecule has 128 valence electrons. The van der Waals surface area contributed by atoms with Crippen molar-refractivity contribution in [1.29, 1.82) is 0 Å². The molecule has 1 N–H and O–H groups in total. The fourth-order valence-corrected chi connectivity index (χ4v) is 2.48. The summed E-state index contributed by atoms with van der Waals surface area (Å²) in [5.41, 5.74) is 1.23. The standard InChI is InChI=1S/C21H19FO3/c1-15(23)21-19(22)8-5-9-20(21)25-18-12-10-17(11-13-18)24-14-16-6-3-2-4-7-16/h2-13,15,23H,14H2,1H3. The average Bonchev–Trinajstić information content (AvgIpc) is 2.62. The lowest BCUT2D eigenvalue weighted by molar-refractivity contribution is 0.190. The molecular formula is C21H19FO3. The first-order valence-corrected chi connectivity index (χ1v) is 8.04. The van der Waals surface area contributed by atoms with Crippen LogP contribution in [0.5, 0.6) is 17.2 Å². The van der Waals surface area contributed by atoms with Gasteiger partial charge in [0.2, 0.25) is 0 Å². The fraction of sp³-hybridized carbons (Fsp3) is 0.143. The van der Waals surface area contributed by atoms with Gasteiger partial charge >= 0.3 is 0 Å². The Hall–Kier alpha value is -2.85. The summed E-state index contributed by atoms with van der Waals surface area (Å²) in [6, 6.07) is 21.5. The second kappa shape index (κ2) is 7.81. The van der Waals surface area contributed by atoms with Gasteiger partial charge < -0.3 is 14.6 Å². The number of rotatable bonds is 6. The van der Waals surface area contributed by atoms with Gasteiger partial charge in [0.1, 0.15) is 29.7 Å². The van der Waals surface area contributed by atoms with Gasteiger partial charge in [-0.25, -0.2) is 4.39 Å². The van der Waals surface area contributed by atoms with Crippen LogP contribution in [0.4, 0.5) is 4.39 Å². The molecule has 0 heterocycles. The van der Waals surface area contributed by atoms with E-state index in [1.807, 2.05) is 30.3 Å². The molecule has 3 rings (SSSR count). The Bertz CT molecular complexity index is 814. The van der Waals surface area contributed by atoms with E-state index >= 15 is 0 Å². The molecule has 4 heteroatoms. The summed E-state index contributed by atoms with van der Waals surface area (Å²) >= 11 is 0. The van der Waals surface area contributed by atoms with Crippen molar-refractivity contribution < 1.29 is 19.0 Å². The number of aliphatic hydroxyl groups excluding tert-OH is 1. The van der Waals surface area contributed by atoms with Gasteiger partial charge in [-0.3, -0.25) is 0 Å². The first-order chi connectivity index (χ1) is 12.1. The summed E-state index contributed by atoms with van der Waals surface area (Å²) in [7, 11) is 0. The number of hydrogen-bond donors (Lipinski definition) is 1. The van der Waals surface area contributed by atoms with Crippen molar-refractivity contribution in [2.75, 3.05) is 0 Å². The second-order valence-electron chi connectivity index (χ2n) is 5.68. The van der Waals surface area contributed by atoms with E-state index in [0.717, 1.165) is 5.56 Å². The molecule has 0 saturated heterocycles. The molecule has 3 aromatic rings. The molecule has 0 aromatic heterocycles. The van der Waals surface area contributed by atoms with E-state index in [1.165, 1.54) is 13.0 Å². The predicted molar refractivity (Wildman–Crippen MR) is 94.3 cm³/mol. The second-order valence-corrected chi connectivity index (χ2v) is 5.68. The molecule has 0 spiro atoms. The number of benzene rings is 3. The Morgan fingerprint density at radius 3 is 2.24 bits per heavy atom. The molecule has 0 bridgehead atoms. The zero-order valence-corrected chi connectivity index (χ0v) is 13.9. The van der Waals surface area contributed by atoms with Gasteiger partial charge in [-0.15, -0.1) is 0 Å². The number of ether oxygens (including phenoxy) is 2. The van der Waals surface area contributed by atoms with E-state index in [0.29, 0.717) is 23.9 Å². The summed E-state index contributed by atoms with van der Waals surface area (Å²) in [5, 5.41) is 9.75. The Kier molecular flexibility index (Phi) is 5.31. The van der Waals surface area contributed by atoms with Crippen LogP contribution < -0.4 is 9.47 Å². The van der Waals surface area contributed by atoms with Gasteiger partial charge in [-0.05, 0) is 48.9 Å². The SMILES string of the molecule is CC(O)c1c(F)cccc1Oc1ccc(OCc2ccccc2)cc1. The molecule has 0 aliphatic heterocycles. The summed E-state index contributed by atoms with van der Waals surface area (Å²) in [5.74, 6) is 1.06. The largest absolute Gasteiger partial charge is 0.489 e. The van der Waals surface area contributed by atoms with Crippen LogP contribution in [0.15, 0.2) is 72.8 Å². The molecule has 0 aliphatic rings. The van der Waals surface area contributed by atoms with Crippen LogP contribution in [0.25, 0.3) is 0 Å². The van der Waals surface area contributed by atoms with E-state index in [9.17, 15) is 9.50 Å². The molecular weight excluding hydrogens is 319 g/mol. The monoisotopic (exact) mass is 338 g/mol. The van der Waals surface area contributed by atoms with Gasteiger partial charge in [0.25, 0.3) is 0 Å². The van der Waals surface area contributed by atoms with Crippen LogP contribution in [0.3, 0.4) is 0 Å². The summed E-state index contributed by atoms with van der Waals surface area (Å²) in [6.45, 7) is 1.99. The zero-order chi connectivity index (χ0) is 17.6. The molecule has 0 fully saturated rings. The molecule has 25 heavy (non-hydrogen) atoms. The Morgan fingerprint density at radius 1 is 0.880 bits per heavy atom. The van der Waals surface area contributed by atoms with Gasteiger partial charge in [0.15, 0.2) is 0 Å². The lowest BCUT2D eigenvalue weighted by atomic mass is 10.1. The maximum absolute atomic E-state index is 13.9. The van der Waals surface area contributed by atoms with Gasteiger partial charge in [0.05, 0.1) is 11.7 Å². The van der Waals surface area contributed by atoms with E-state index in [4.69, 9.17) is 9.47 Å². The minimum absolute atomic E-state index is 0.145. The fourth-order valence-electron chi connectivity index (χ4n) is 2.48. The summed E-state index contributed by atoms with van der Waals surface area (Å²) < 4.78 is 25.3.